The summed E-state index contributed by atoms with van der Waals surface area (Å²) in [6.07, 6.45) is 5.01. The zero-order valence-electron chi connectivity index (χ0n) is 11.6. The van der Waals surface area contributed by atoms with Gasteiger partial charge in [0.15, 0.2) is 0 Å². The Kier molecular flexibility index (Phi) is 5.06. The van der Waals surface area contributed by atoms with Crippen molar-refractivity contribution >= 4 is 0 Å². The number of hydrogen-bond donors (Lipinski definition) is 1. The third-order valence-electron chi connectivity index (χ3n) is 3.79. The molecule has 1 aliphatic rings. The van der Waals surface area contributed by atoms with Crippen LogP contribution in [0.3, 0.4) is 0 Å². The second-order valence-corrected chi connectivity index (χ2v) is 5.32. The van der Waals surface area contributed by atoms with Crippen LogP contribution in [0.25, 0.3) is 0 Å². The minimum absolute atomic E-state index is 0.610. The predicted molar refractivity (Wildman–Crippen MR) is 76.3 cm³/mol. The molecule has 100 valence electrons. The molecule has 2 atom stereocenters. The zero-order chi connectivity index (χ0) is 12.8. The van der Waals surface area contributed by atoms with E-state index >= 15 is 0 Å². The lowest BCUT2D eigenvalue weighted by Gasteiger charge is -2.27. The van der Waals surface area contributed by atoms with Crippen molar-refractivity contribution in [1.29, 1.82) is 0 Å². The van der Waals surface area contributed by atoms with Crippen LogP contribution in [0.5, 0.6) is 5.75 Å². The van der Waals surface area contributed by atoms with Crippen molar-refractivity contribution in [2.45, 2.75) is 51.5 Å². The summed E-state index contributed by atoms with van der Waals surface area (Å²) in [5.74, 6) is 1.69. The molecule has 0 spiro atoms. The van der Waals surface area contributed by atoms with Gasteiger partial charge in [-0.05, 0) is 31.4 Å². The fourth-order valence-corrected chi connectivity index (χ4v) is 2.58. The summed E-state index contributed by atoms with van der Waals surface area (Å²) < 4.78 is 5.70. The van der Waals surface area contributed by atoms with E-state index < -0.39 is 0 Å². The quantitative estimate of drug-likeness (QED) is 0.827. The molecule has 0 saturated carbocycles. The summed E-state index contributed by atoms with van der Waals surface area (Å²) in [6.45, 7) is 6.47. The molecule has 1 N–H and O–H groups in total. The Bertz CT molecular complexity index is 364. The Morgan fingerprint density at radius 2 is 2.22 bits per heavy atom. The average Bonchev–Trinajstić information content (AvgIpc) is 2.42. The van der Waals surface area contributed by atoms with Gasteiger partial charge in [-0.15, -0.1) is 0 Å². The highest BCUT2D eigenvalue weighted by atomic mass is 16.5. The maximum absolute atomic E-state index is 5.70. The van der Waals surface area contributed by atoms with Gasteiger partial charge in [0, 0.05) is 18.5 Å². The van der Waals surface area contributed by atoms with Crippen molar-refractivity contribution in [1.82, 2.24) is 5.32 Å². The lowest BCUT2D eigenvalue weighted by Crippen LogP contribution is -2.32. The highest BCUT2D eigenvalue weighted by Gasteiger charge is 2.20. The first-order valence-corrected chi connectivity index (χ1v) is 7.26. The molecule has 2 rings (SSSR count). The molecular weight excluding hydrogens is 222 g/mol. The normalized spacial score (nSPS) is 20.0. The maximum atomic E-state index is 5.70. The fraction of sp³-hybridized carbons (Fsp3) is 0.625. The van der Waals surface area contributed by atoms with Crippen LogP contribution in [0, 0.1) is 0 Å². The largest absolute Gasteiger partial charge is 0.493 e. The Morgan fingerprint density at radius 1 is 1.39 bits per heavy atom. The Balaban J connectivity index is 1.87. The van der Waals surface area contributed by atoms with Crippen molar-refractivity contribution in [2.24, 2.45) is 0 Å². The third-order valence-corrected chi connectivity index (χ3v) is 3.79. The SMILES string of the molecule is CCCCC(C)NCC1CCOc2ccccc21. The number of benzene rings is 1. The average molecular weight is 247 g/mol. The molecule has 0 radical (unpaired) electrons. The molecule has 0 fully saturated rings. The topological polar surface area (TPSA) is 21.3 Å². The second kappa shape index (κ2) is 6.79. The summed E-state index contributed by atoms with van der Waals surface area (Å²) >= 11 is 0. The number of unbranched alkanes of at least 4 members (excludes halogenated alkanes) is 1. The number of rotatable bonds is 6. The standard InChI is InChI=1S/C16H25NO/c1-3-4-7-13(2)17-12-14-10-11-18-16-9-6-5-8-15(14)16/h5-6,8-9,13-14,17H,3-4,7,10-12H2,1-2H3. The van der Waals surface area contributed by atoms with Crippen LogP contribution in [0.4, 0.5) is 0 Å². The van der Waals surface area contributed by atoms with Gasteiger partial charge in [-0.3, -0.25) is 0 Å². The van der Waals surface area contributed by atoms with Gasteiger partial charge in [0.25, 0.3) is 0 Å². The van der Waals surface area contributed by atoms with Crippen LogP contribution < -0.4 is 10.1 Å². The number of hydrogen-bond acceptors (Lipinski definition) is 2. The lowest BCUT2D eigenvalue weighted by atomic mass is 9.93. The second-order valence-electron chi connectivity index (χ2n) is 5.32. The zero-order valence-corrected chi connectivity index (χ0v) is 11.6. The molecule has 1 aromatic carbocycles. The van der Waals surface area contributed by atoms with Crippen molar-refractivity contribution in [2.75, 3.05) is 13.2 Å². The molecular formula is C16H25NO. The van der Waals surface area contributed by atoms with Crippen LogP contribution in [-0.4, -0.2) is 19.2 Å². The van der Waals surface area contributed by atoms with E-state index in [1.165, 1.54) is 24.8 Å². The Morgan fingerprint density at radius 3 is 3.06 bits per heavy atom. The van der Waals surface area contributed by atoms with Gasteiger partial charge in [0.05, 0.1) is 6.61 Å². The first kappa shape index (κ1) is 13.4. The minimum atomic E-state index is 0.610. The molecule has 0 bridgehead atoms. The van der Waals surface area contributed by atoms with E-state index in [1.807, 2.05) is 0 Å². The van der Waals surface area contributed by atoms with E-state index in [-0.39, 0.29) is 0 Å². The van der Waals surface area contributed by atoms with E-state index in [0.29, 0.717) is 12.0 Å². The van der Waals surface area contributed by atoms with Crippen molar-refractivity contribution in [3.8, 4) is 5.75 Å². The van der Waals surface area contributed by atoms with Crippen molar-refractivity contribution < 1.29 is 4.74 Å². The van der Waals surface area contributed by atoms with E-state index in [9.17, 15) is 0 Å². The lowest BCUT2D eigenvalue weighted by molar-refractivity contribution is 0.262. The summed E-state index contributed by atoms with van der Waals surface area (Å²) in [5, 5.41) is 3.67. The molecule has 0 amide bonds. The van der Waals surface area contributed by atoms with Gasteiger partial charge in [0.2, 0.25) is 0 Å². The van der Waals surface area contributed by atoms with Gasteiger partial charge in [-0.2, -0.15) is 0 Å². The van der Waals surface area contributed by atoms with Crippen LogP contribution in [0.2, 0.25) is 0 Å². The van der Waals surface area contributed by atoms with Gasteiger partial charge < -0.3 is 10.1 Å². The molecule has 1 aromatic rings. The smallest absolute Gasteiger partial charge is 0.122 e. The summed E-state index contributed by atoms with van der Waals surface area (Å²) in [4.78, 5) is 0. The number of ether oxygens (including phenoxy) is 1. The first-order chi connectivity index (χ1) is 8.81. The van der Waals surface area contributed by atoms with Gasteiger partial charge in [-0.25, -0.2) is 0 Å². The van der Waals surface area contributed by atoms with Crippen molar-refractivity contribution in [3.63, 3.8) is 0 Å². The van der Waals surface area contributed by atoms with E-state index in [4.69, 9.17) is 4.74 Å². The molecule has 2 nitrogen and oxygen atoms in total. The molecule has 18 heavy (non-hydrogen) atoms. The monoisotopic (exact) mass is 247 g/mol. The molecule has 0 aliphatic carbocycles. The predicted octanol–water partition coefficient (Wildman–Crippen LogP) is 3.72. The van der Waals surface area contributed by atoms with E-state index in [0.717, 1.165) is 25.3 Å². The van der Waals surface area contributed by atoms with Gasteiger partial charge in [0.1, 0.15) is 5.75 Å². The maximum Gasteiger partial charge on any atom is 0.122 e. The van der Waals surface area contributed by atoms with Crippen LogP contribution in [-0.2, 0) is 0 Å². The summed E-state index contributed by atoms with van der Waals surface area (Å²) in [7, 11) is 0. The Hall–Kier alpha value is -1.02. The Labute approximate surface area is 111 Å². The summed E-state index contributed by atoms with van der Waals surface area (Å²) in [6, 6.07) is 9.08. The van der Waals surface area contributed by atoms with Crippen LogP contribution in [0.1, 0.15) is 51.0 Å². The molecule has 2 unspecified atom stereocenters. The molecule has 2 heteroatoms. The van der Waals surface area contributed by atoms with Crippen LogP contribution >= 0.6 is 0 Å². The minimum Gasteiger partial charge on any atom is -0.493 e. The number of nitrogens with one attached hydrogen (secondary N) is 1. The highest BCUT2D eigenvalue weighted by molar-refractivity contribution is 5.37. The molecule has 1 aliphatic heterocycles. The van der Waals surface area contributed by atoms with Crippen LogP contribution in [0.15, 0.2) is 24.3 Å². The molecule has 0 aromatic heterocycles. The molecule has 1 heterocycles. The first-order valence-electron chi connectivity index (χ1n) is 7.26. The van der Waals surface area contributed by atoms with E-state index in [2.05, 4.69) is 43.4 Å². The fourth-order valence-electron chi connectivity index (χ4n) is 2.58. The number of fused-ring (bicyclic) bond motifs is 1. The number of para-hydroxylation sites is 1. The van der Waals surface area contributed by atoms with Crippen molar-refractivity contribution in [3.05, 3.63) is 29.8 Å². The highest BCUT2D eigenvalue weighted by Crippen LogP contribution is 2.32. The molecule has 0 saturated heterocycles. The van der Waals surface area contributed by atoms with E-state index in [1.54, 1.807) is 0 Å². The third kappa shape index (κ3) is 3.49. The van der Waals surface area contributed by atoms with Gasteiger partial charge >= 0.3 is 0 Å². The summed E-state index contributed by atoms with van der Waals surface area (Å²) in [5.41, 5.74) is 1.37. The van der Waals surface area contributed by atoms with Gasteiger partial charge in [-0.1, -0.05) is 38.0 Å².